The average molecular weight is 366 g/mol. The molecule has 0 saturated carbocycles. The Morgan fingerprint density at radius 3 is 2.27 bits per heavy atom. The molecule has 1 aromatic rings. The van der Waals surface area contributed by atoms with E-state index < -0.39 is 23.6 Å². The minimum Gasteiger partial charge on any atom is -0.373 e. The van der Waals surface area contributed by atoms with Crippen LogP contribution in [-0.4, -0.2) is 44.0 Å². The number of nitrogens with one attached hydrogen (secondary N) is 3. The number of amides is 2. The lowest BCUT2D eigenvalue weighted by Gasteiger charge is -2.57. The zero-order chi connectivity index (χ0) is 18.9. The minimum absolute atomic E-state index is 0.0126. The van der Waals surface area contributed by atoms with Gasteiger partial charge >= 0.3 is 0 Å². The monoisotopic (exact) mass is 366 g/mol. The first kappa shape index (κ1) is 18.6. The molecule has 3 N–H and O–H groups in total. The second kappa shape index (κ2) is 7.19. The second-order valence-electron chi connectivity index (χ2n) is 6.90. The van der Waals surface area contributed by atoms with Gasteiger partial charge in [-0.15, -0.1) is 0 Å². The third kappa shape index (κ3) is 3.38. The first-order chi connectivity index (χ1) is 12.5. The summed E-state index contributed by atoms with van der Waals surface area (Å²) < 4.78 is 28.8. The molecule has 0 aromatic heterocycles. The van der Waals surface area contributed by atoms with E-state index in [9.17, 15) is 18.4 Å². The standard InChI is InChI=1S/C16H18F2N4O2.C2H6/c17-10-3-9(20-12-1-2-13(23)21-15(12)24)4-11(18)14(10)22-7-16(8-22)5-19-6-16;1-2/h3-4,12,19-20H,1-2,5-8H2,(H,21,23,24);1-2H3. The normalized spacial score (nSPS) is 23.4. The average Bonchev–Trinajstić information content (AvgIpc) is 2.52. The summed E-state index contributed by atoms with van der Waals surface area (Å²) in [4.78, 5) is 24.6. The molecule has 3 aliphatic rings. The van der Waals surface area contributed by atoms with E-state index in [-0.39, 0.29) is 29.1 Å². The number of hydrogen-bond donors (Lipinski definition) is 3. The highest BCUT2D eigenvalue weighted by Crippen LogP contribution is 2.40. The number of hydrogen-bond acceptors (Lipinski definition) is 5. The summed E-state index contributed by atoms with van der Waals surface area (Å²) in [5.41, 5.74) is 0.354. The molecule has 3 fully saturated rings. The fraction of sp³-hybridized carbons (Fsp3) is 0.556. The van der Waals surface area contributed by atoms with Crippen molar-refractivity contribution in [3.63, 3.8) is 0 Å². The van der Waals surface area contributed by atoms with Gasteiger partial charge in [0.1, 0.15) is 11.7 Å². The fourth-order valence-corrected chi connectivity index (χ4v) is 3.61. The maximum atomic E-state index is 14.4. The van der Waals surface area contributed by atoms with E-state index in [1.165, 1.54) is 12.1 Å². The van der Waals surface area contributed by atoms with E-state index in [2.05, 4.69) is 16.0 Å². The van der Waals surface area contributed by atoms with Crippen LogP contribution >= 0.6 is 0 Å². The molecule has 0 bridgehead atoms. The lowest BCUT2D eigenvalue weighted by Crippen LogP contribution is -2.71. The molecule has 3 heterocycles. The van der Waals surface area contributed by atoms with Gasteiger partial charge in [-0.25, -0.2) is 8.78 Å². The van der Waals surface area contributed by atoms with Gasteiger partial charge in [-0.3, -0.25) is 14.9 Å². The molecule has 0 aliphatic carbocycles. The number of carbonyl (C=O) groups is 2. The Labute approximate surface area is 151 Å². The first-order valence-corrected chi connectivity index (χ1v) is 9.01. The van der Waals surface area contributed by atoms with E-state index >= 15 is 0 Å². The van der Waals surface area contributed by atoms with Crippen LogP contribution in [0.5, 0.6) is 0 Å². The largest absolute Gasteiger partial charge is 0.373 e. The van der Waals surface area contributed by atoms with Crippen molar-refractivity contribution in [2.75, 3.05) is 36.4 Å². The van der Waals surface area contributed by atoms with Crippen molar-refractivity contribution < 1.29 is 18.4 Å². The predicted octanol–water partition coefficient (Wildman–Crippen LogP) is 1.62. The Morgan fingerprint density at radius 2 is 1.77 bits per heavy atom. The molecule has 6 nitrogen and oxygen atoms in total. The lowest BCUT2D eigenvalue weighted by molar-refractivity contribution is -0.133. The van der Waals surface area contributed by atoms with E-state index in [1.807, 2.05) is 13.8 Å². The van der Waals surface area contributed by atoms with Crippen LogP contribution in [-0.2, 0) is 9.59 Å². The Balaban J connectivity index is 0.000000948. The minimum atomic E-state index is -0.666. The van der Waals surface area contributed by atoms with Crippen LogP contribution in [0.15, 0.2) is 12.1 Å². The molecular weight excluding hydrogens is 342 g/mol. The number of carbonyl (C=O) groups excluding carboxylic acids is 2. The Morgan fingerprint density at radius 1 is 1.15 bits per heavy atom. The quantitative estimate of drug-likeness (QED) is 0.709. The molecule has 3 aliphatic heterocycles. The maximum absolute atomic E-state index is 14.4. The number of anilines is 2. The van der Waals surface area contributed by atoms with Gasteiger partial charge in [-0.05, 0) is 18.6 Å². The zero-order valence-electron chi connectivity index (χ0n) is 15.0. The number of nitrogens with zero attached hydrogens (tertiary/aromatic N) is 1. The molecule has 2 amide bonds. The number of imide groups is 1. The van der Waals surface area contributed by atoms with Gasteiger partial charge in [0.2, 0.25) is 11.8 Å². The highest BCUT2D eigenvalue weighted by molar-refractivity contribution is 6.01. The van der Waals surface area contributed by atoms with Crippen molar-refractivity contribution in [2.45, 2.75) is 32.7 Å². The molecule has 1 unspecified atom stereocenters. The number of rotatable bonds is 3. The first-order valence-electron chi connectivity index (χ1n) is 9.01. The summed E-state index contributed by atoms with van der Waals surface area (Å²) in [6, 6.07) is 1.74. The summed E-state index contributed by atoms with van der Waals surface area (Å²) in [5.74, 6) is -2.10. The van der Waals surface area contributed by atoms with Gasteiger partial charge < -0.3 is 15.5 Å². The molecule has 3 saturated heterocycles. The van der Waals surface area contributed by atoms with Gasteiger partial charge in [-0.1, -0.05) is 13.8 Å². The summed E-state index contributed by atoms with van der Waals surface area (Å²) in [7, 11) is 0. The molecule has 142 valence electrons. The second-order valence-corrected chi connectivity index (χ2v) is 6.90. The van der Waals surface area contributed by atoms with Gasteiger partial charge in [-0.2, -0.15) is 0 Å². The smallest absolute Gasteiger partial charge is 0.249 e. The number of piperidine rings is 1. The molecule has 0 radical (unpaired) electrons. The Kier molecular flexibility index (Phi) is 5.13. The van der Waals surface area contributed by atoms with Gasteiger partial charge in [0.25, 0.3) is 0 Å². The molecule has 1 spiro atoms. The lowest BCUT2D eigenvalue weighted by atomic mass is 9.74. The SMILES string of the molecule is CC.O=C1CCC(Nc2cc(F)c(N3CC4(CNC4)C3)c(F)c2)C(=O)N1. The third-order valence-corrected chi connectivity index (χ3v) is 4.97. The van der Waals surface area contributed by atoms with Crippen molar-refractivity contribution in [3.05, 3.63) is 23.8 Å². The molecule has 4 rings (SSSR count). The van der Waals surface area contributed by atoms with Crippen LogP contribution < -0.4 is 20.9 Å². The van der Waals surface area contributed by atoms with E-state index in [4.69, 9.17) is 0 Å². The fourth-order valence-electron chi connectivity index (χ4n) is 3.61. The van der Waals surface area contributed by atoms with Crippen molar-refractivity contribution in [1.29, 1.82) is 0 Å². The molecule has 1 aromatic carbocycles. The highest BCUT2D eigenvalue weighted by Gasteiger charge is 2.48. The molecular formula is C18H24F2N4O2. The zero-order valence-corrected chi connectivity index (χ0v) is 15.0. The van der Waals surface area contributed by atoms with E-state index in [0.29, 0.717) is 19.5 Å². The van der Waals surface area contributed by atoms with Crippen LogP contribution in [0.1, 0.15) is 26.7 Å². The van der Waals surface area contributed by atoms with Crippen LogP contribution in [0.3, 0.4) is 0 Å². The highest BCUT2D eigenvalue weighted by atomic mass is 19.1. The Bertz CT molecular complexity index is 690. The summed E-state index contributed by atoms with van der Waals surface area (Å²) >= 11 is 0. The Hall–Kier alpha value is -2.22. The summed E-state index contributed by atoms with van der Waals surface area (Å²) in [5, 5.41) is 8.19. The van der Waals surface area contributed by atoms with Gasteiger partial charge in [0.15, 0.2) is 11.6 Å². The topological polar surface area (TPSA) is 73.5 Å². The van der Waals surface area contributed by atoms with Crippen LogP contribution in [0.4, 0.5) is 20.2 Å². The number of halogens is 2. The van der Waals surface area contributed by atoms with Gasteiger partial charge in [0.05, 0.1) is 0 Å². The van der Waals surface area contributed by atoms with Crippen molar-refractivity contribution in [1.82, 2.24) is 10.6 Å². The molecule has 26 heavy (non-hydrogen) atoms. The number of benzene rings is 1. The van der Waals surface area contributed by atoms with Crippen LogP contribution in [0, 0.1) is 17.0 Å². The van der Waals surface area contributed by atoms with Crippen molar-refractivity contribution in [3.8, 4) is 0 Å². The van der Waals surface area contributed by atoms with Crippen LogP contribution in [0.2, 0.25) is 0 Å². The predicted molar refractivity (Wildman–Crippen MR) is 95.0 cm³/mol. The molecule has 8 heteroatoms. The maximum Gasteiger partial charge on any atom is 0.249 e. The van der Waals surface area contributed by atoms with Crippen molar-refractivity contribution >= 4 is 23.2 Å². The third-order valence-electron chi connectivity index (χ3n) is 4.97. The van der Waals surface area contributed by atoms with E-state index in [0.717, 1.165) is 13.1 Å². The molecule has 1 atom stereocenters. The van der Waals surface area contributed by atoms with E-state index in [1.54, 1.807) is 4.90 Å². The summed E-state index contributed by atoms with van der Waals surface area (Å²) in [6.45, 7) is 7.07. The van der Waals surface area contributed by atoms with Gasteiger partial charge in [0, 0.05) is 43.7 Å². The van der Waals surface area contributed by atoms with Crippen molar-refractivity contribution in [2.24, 2.45) is 5.41 Å². The van der Waals surface area contributed by atoms with Crippen LogP contribution in [0.25, 0.3) is 0 Å². The summed E-state index contributed by atoms with van der Waals surface area (Å²) in [6.07, 6.45) is 0.508.